The number of fused-ring (bicyclic) bond motifs is 3. The van der Waals surface area contributed by atoms with Crippen molar-refractivity contribution in [3.8, 4) is 17.2 Å². The van der Waals surface area contributed by atoms with E-state index in [9.17, 15) is 0 Å². The first-order valence-corrected chi connectivity index (χ1v) is 10.4. The van der Waals surface area contributed by atoms with E-state index in [4.69, 9.17) is 14.1 Å². The van der Waals surface area contributed by atoms with Gasteiger partial charge in [0.25, 0.3) is 0 Å². The van der Waals surface area contributed by atoms with Gasteiger partial charge in [-0.1, -0.05) is 13.8 Å². The molecule has 0 fully saturated rings. The van der Waals surface area contributed by atoms with E-state index in [1.807, 2.05) is 6.07 Å². The third kappa shape index (κ3) is 3.71. The Hall–Kier alpha value is -2.56. The minimum atomic E-state index is 0.718. The van der Waals surface area contributed by atoms with Gasteiger partial charge >= 0.3 is 0 Å². The van der Waals surface area contributed by atoms with Crippen LogP contribution in [0.1, 0.15) is 39.2 Å². The highest BCUT2D eigenvalue weighted by Crippen LogP contribution is 2.37. The highest BCUT2D eigenvalue weighted by atomic mass is 16.5. The van der Waals surface area contributed by atoms with E-state index in [2.05, 4.69) is 55.8 Å². The molecule has 2 aliphatic heterocycles. The van der Waals surface area contributed by atoms with Crippen LogP contribution in [0, 0.1) is 12.8 Å². The van der Waals surface area contributed by atoms with Crippen molar-refractivity contribution in [1.29, 1.82) is 0 Å². The van der Waals surface area contributed by atoms with Gasteiger partial charge < -0.3 is 14.1 Å². The van der Waals surface area contributed by atoms with Gasteiger partial charge in [0.15, 0.2) is 11.3 Å². The van der Waals surface area contributed by atoms with E-state index in [1.165, 1.54) is 18.4 Å². The lowest BCUT2D eigenvalue weighted by Gasteiger charge is -2.31. The number of ether oxygens (including phenoxy) is 1. The van der Waals surface area contributed by atoms with Gasteiger partial charge in [0.2, 0.25) is 5.36 Å². The molecule has 3 aliphatic rings. The molecule has 0 amide bonds. The first-order valence-electron chi connectivity index (χ1n) is 10.4. The number of rotatable bonds is 5. The van der Waals surface area contributed by atoms with Gasteiger partial charge in [-0.2, -0.15) is 0 Å². The van der Waals surface area contributed by atoms with Crippen LogP contribution in [-0.4, -0.2) is 31.2 Å². The maximum Gasteiger partial charge on any atom is 0.205 e. The van der Waals surface area contributed by atoms with Crippen LogP contribution in [0.5, 0.6) is 5.75 Å². The lowest BCUT2D eigenvalue weighted by atomic mass is 10.1. The van der Waals surface area contributed by atoms with Crippen molar-refractivity contribution in [1.82, 2.24) is 4.98 Å². The number of benzene rings is 2. The monoisotopic (exact) mass is 380 g/mol. The summed E-state index contributed by atoms with van der Waals surface area (Å²) in [4.78, 5) is 10.6. The zero-order chi connectivity index (χ0) is 19.7. The Balaban J connectivity index is 1.76. The lowest BCUT2D eigenvalue weighted by Crippen LogP contribution is -2.76. The van der Waals surface area contributed by atoms with Crippen LogP contribution in [0.25, 0.3) is 22.6 Å². The van der Waals surface area contributed by atoms with Gasteiger partial charge in [-0.25, -0.2) is 9.98 Å². The number of nitrogens with one attached hydrogen (secondary N) is 1. The maximum absolute atomic E-state index is 6.26. The molecule has 0 atom stereocenters. The number of aromatic nitrogens is 1. The second kappa shape index (κ2) is 7.82. The Morgan fingerprint density at radius 1 is 1.21 bits per heavy atom. The summed E-state index contributed by atoms with van der Waals surface area (Å²) in [7, 11) is 0. The molecule has 0 radical (unpaired) electrons. The number of hydrogen-bond acceptors (Lipinski definition) is 4. The Morgan fingerprint density at radius 2 is 2.07 bits per heavy atom. The minimum Gasteiger partial charge on any atom is -0.489 e. The maximum atomic E-state index is 6.26. The summed E-state index contributed by atoms with van der Waals surface area (Å²) in [6, 6.07) is 8.25. The average Bonchev–Trinajstić information content (AvgIpc) is 2.66. The fourth-order valence-corrected chi connectivity index (χ4v) is 3.85. The van der Waals surface area contributed by atoms with Crippen LogP contribution in [0.15, 0.2) is 28.7 Å². The lowest BCUT2D eigenvalue weighted by molar-refractivity contribution is -0.496. The normalized spacial score (nSPS) is 14.8. The molecule has 2 heterocycles. The van der Waals surface area contributed by atoms with Gasteiger partial charge in [-0.15, -0.1) is 0 Å². The van der Waals surface area contributed by atoms with Crippen molar-refractivity contribution in [2.75, 3.05) is 31.1 Å². The number of anilines is 1. The second-order valence-corrected chi connectivity index (χ2v) is 8.04. The van der Waals surface area contributed by atoms with Crippen molar-refractivity contribution in [3.63, 3.8) is 0 Å². The van der Waals surface area contributed by atoms with Crippen LogP contribution >= 0.6 is 0 Å². The zero-order valence-corrected chi connectivity index (χ0v) is 17.3. The second-order valence-electron chi connectivity index (χ2n) is 8.04. The predicted molar refractivity (Wildman–Crippen MR) is 112 cm³/mol. The fraction of sp³-hybridized carbons (Fsp3) is 0.478. The van der Waals surface area contributed by atoms with Gasteiger partial charge in [0.05, 0.1) is 18.3 Å². The van der Waals surface area contributed by atoms with E-state index in [1.54, 1.807) is 0 Å². The zero-order valence-electron chi connectivity index (χ0n) is 17.3. The number of hydrogen-bond donors (Lipinski definition) is 1. The van der Waals surface area contributed by atoms with E-state index >= 15 is 0 Å². The molecule has 1 N–H and O–H groups in total. The molecule has 1 aromatic carbocycles. The molecule has 0 unspecified atom stereocenters. The van der Waals surface area contributed by atoms with E-state index in [0.29, 0.717) is 0 Å². The molecule has 4 rings (SSSR count). The average molecular weight is 381 g/mol. The SMILES string of the molecule is CC[NH+]=c1cc2oc3cc4c(cc3nc-2cc1C)OCCN4CCCC(C)C. The van der Waals surface area contributed by atoms with Gasteiger partial charge in [0.1, 0.15) is 30.1 Å². The van der Waals surface area contributed by atoms with Gasteiger partial charge in [-0.3, -0.25) is 0 Å². The minimum absolute atomic E-state index is 0.718. The highest BCUT2D eigenvalue weighted by molar-refractivity contribution is 5.84. The fourth-order valence-electron chi connectivity index (χ4n) is 3.85. The summed E-state index contributed by atoms with van der Waals surface area (Å²) in [6.07, 6.45) is 2.43. The Bertz CT molecular complexity index is 1020. The molecule has 0 saturated carbocycles. The van der Waals surface area contributed by atoms with E-state index in [-0.39, 0.29) is 0 Å². The molecular weight excluding hydrogens is 350 g/mol. The molecule has 148 valence electrons. The summed E-state index contributed by atoms with van der Waals surface area (Å²) in [5.41, 5.74) is 4.80. The molecule has 0 spiro atoms. The smallest absolute Gasteiger partial charge is 0.205 e. The molecule has 1 aliphatic carbocycles. The Labute approximate surface area is 166 Å². The third-order valence-corrected chi connectivity index (χ3v) is 5.34. The van der Waals surface area contributed by atoms with E-state index in [0.717, 1.165) is 71.5 Å². The summed E-state index contributed by atoms with van der Waals surface area (Å²) in [5.74, 6) is 2.44. The van der Waals surface area contributed by atoms with Gasteiger partial charge in [-0.05, 0) is 38.7 Å². The first-order chi connectivity index (χ1) is 13.5. The molecule has 0 saturated heterocycles. The van der Waals surface area contributed by atoms with Crippen molar-refractivity contribution < 1.29 is 14.1 Å². The van der Waals surface area contributed by atoms with Gasteiger partial charge in [0, 0.05) is 24.2 Å². The Kier molecular flexibility index (Phi) is 5.25. The molecule has 5 heteroatoms. The molecule has 5 nitrogen and oxygen atoms in total. The largest absolute Gasteiger partial charge is 0.489 e. The van der Waals surface area contributed by atoms with Crippen molar-refractivity contribution in [3.05, 3.63) is 35.2 Å². The number of aryl methyl sites for hydroxylation is 1. The molecular formula is C23H30N3O2+. The van der Waals surface area contributed by atoms with Crippen LogP contribution in [0.4, 0.5) is 5.69 Å². The summed E-state index contributed by atoms with van der Waals surface area (Å²) < 4.78 is 12.2. The first kappa shape index (κ1) is 18.8. The van der Waals surface area contributed by atoms with E-state index < -0.39 is 0 Å². The third-order valence-electron chi connectivity index (χ3n) is 5.34. The predicted octanol–water partition coefficient (Wildman–Crippen LogP) is 2.88. The Morgan fingerprint density at radius 3 is 2.86 bits per heavy atom. The summed E-state index contributed by atoms with van der Waals surface area (Å²) in [5, 5.41) is 1.09. The summed E-state index contributed by atoms with van der Waals surface area (Å²) in [6.45, 7) is 12.3. The molecule has 28 heavy (non-hydrogen) atoms. The highest BCUT2D eigenvalue weighted by Gasteiger charge is 2.21. The quantitative estimate of drug-likeness (QED) is 0.692. The molecule has 0 bridgehead atoms. The van der Waals surface area contributed by atoms with Crippen LogP contribution in [-0.2, 0) is 0 Å². The number of nitrogens with zero attached hydrogens (tertiary/aromatic N) is 2. The topological polar surface area (TPSA) is 52.5 Å². The van der Waals surface area contributed by atoms with Crippen molar-refractivity contribution >= 4 is 16.8 Å². The van der Waals surface area contributed by atoms with Crippen LogP contribution < -0.4 is 20.0 Å². The van der Waals surface area contributed by atoms with Crippen LogP contribution in [0.3, 0.4) is 0 Å². The molecule has 1 aromatic rings. The molecule has 0 aromatic heterocycles. The van der Waals surface area contributed by atoms with Crippen molar-refractivity contribution in [2.45, 2.75) is 40.5 Å². The van der Waals surface area contributed by atoms with Crippen LogP contribution in [0.2, 0.25) is 0 Å². The standard InChI is InChI=1S/C23H29N3O2/c1-5-24-17-12-21-18(11-16(17)4)25-19-13-23-20(14-22(19)28-21)26(9-10-27-23)8-6-7-15(2)3/h11-15H,5-10H2,1-4H3/p+1. The summed E-state index contributed by atoms with van der Waals surface area (Å²) >= 11 is 0. The van der Waals surface area contributed by atoms with Crippen molar-refractivity contribution in [2.24, 2.45) is 5.92 Å².